The van der Waals surface area contributed by atoms with Crippen molar-refractivity contribution in [3.8, 4) is 0 Å². The summed E-state index contributed by atoms with van der Waals surface area (Å²) in [5.41, 5.74) is 0.708. The number of nitrogens with zero attached hydrogens (tertiary/aromatic N) is 1. The van der Waals surface area contributed by atoms with Gasteiger partial charge in [-0.05, 0) is 13.3 Å². The van der Waals surface area contributed by atoms with Gasteiger partial charge in [0.15, 0.2) is 9.84 Å². The molecule has 0 bridgehead atoms. The monoisotopic (exact) mass is 293 g/mol. The SMILES string of the molecule is CC(NS(=O)(=O)C1CCS(=O)(=O)C1)c1cn[nH]c1. The van der Waals surface area contributed by atoms with Crippen LogP contribution in [0.25, 0.3) is 0 Å². The third-order valence-corrected chi connectivity index (χ3v) is 6.93. The molecular weight excluding hydrogens is 278 g/mol. The molecule has 2 heterocycles. The molecule has 1 aliphatic heterocycles. The quantitative estimate of drug-likeness (QED) is 0.783. The molecule has 0 aliphatic carbocycles. The van der Waals surface area contributed by atoms with E-state index in [0.717, 1.165) is 0 Å². The first-order chi connectivity index (χ1) is 8.30. The minimum Gasteiger partial charge on any atom is -0.285 e. The summed E-state index contributed by atoms with van der Waals surface area (Å²) in [6.07, 6.45) is 3.28. The van der Waals surface area contributed by atoms with Crippen LogP contribution in [0.2, 0.25) is 0 Å². The van der Waals surface area contributed by atoms with Crippen molar-refractivity contribution in [2.45, 2.75) is 24.6 Å². The summed E-state index contributed by atoms with van der Waals surface area (Å²) in [6, 6.07) is -0.433. The summed E-state index contributed by atoms with van der Waals surface area (Å²) >= 11 is 0. The molecule has 1 fully saturated rings. The molecule has 0 saturated carbocycles. The van der Waals surface area contributed by atoms with E-state index in [1.807, 2.05) is 0 Å². The lowest BCUT2D eigenvalue weighted by Crippen LogP contribution is -2.36. The molecule has 2 unspecified atom stereocenters. The number of H-pyrrole nitrogens is 1. The van der Waals surface area contributed by atoms with Gasteiger partial charge in [0.1, 0.15) is 0 Å². The van der Waals surface area contributed by atoms with Gasteiger partial charge in [-0.3, -0.25) is 5.10 Å². The molecule has 2 N–H and O–H groups in total. The van der Waals surface area contributed by atoms with Crippen LogP contribution in [0.3, 0.4) is 0 Å². The number of aromatic amines is 1. The first kappa shape index (κ1) is 13.5. The minimum absolute atomic E-state index is 0.0569. The van der Waals surface area contributed by atoms with Crippen molar-refractivity contribution < 1.29 is 16.8 Å². The topological polar surface area (TPSA) is 109 Å². The van der Waals surface area contributed by atoms with Gasteiger partial charge >= 0.3 is 0 Å². The largest absolute Gasteiger partial charge is 0.285 e. The van der Waals surface area contributed by atoms with Gasteiger partial charge in [0.25, 0.3) is 0 Å². The molecule has 7 nitrogen and oxygen atoms in total. The Morgan fingerprint density at radius 1 is 1.56 bits per heavy atom. The van der Waals surface area contributed by atoms with Crippen molar-refractivity contribution in [3.63, 3.8) is 0 Å². The van der Waals surface area contributed by atoms with Crippen LogP contribution in [0.15, 0.2) is 12.4 Å². The number of hydrogen-bond donors (Lipinski definition) is 2. The second-order valence-electron chi connectivity index (χ2n) is 4.44. The highest BCUT2D eigenvalue weighted by Gasteiger charge is 2.37. The molecule has 1 saturated heterocycles. The van der Waals surface area contributed by atoms with Crippen molar-refractivity contribution >= 4 is 19.9 Å². The molecule has 1 aromatic heterocycles. The molecule has 2 rings (SSSR count). The molecule has 0 aromatic carbocycles. The predicted molar refractivity (Wildman–Crippen MR) is 66.1 cm³/mol. The van der Waals surface area contributed by atoms with Gasteiger partial charge in [-0.2, -0.15) is 5.10 Å². The molecule has 0 spiro atoms. The number of hydrogen-bond acceptors (Lipinski definition) is 5. The van der Waals surface area contributed by atoms with E-state index in [-0.39, 0.29) is 17.9 Å². The third-order valence-electron chi connectivity index (χ3n) is 2.99. The number of rotatable bonds is 4. The maximum absolute atomic E-state index is 12.0. The molecule has 0 amide bonds. The van der Waals surface area contributed by atoms with Gasteiger partial charge in [0.2, 0.25) is 10.0 Å². The average molecular weight is 293 g/mol. The molecule has 1 aliphatic rings. The number of sulfone groups is 1. The molecule has 0 radical (unpaired) electrons. The predicted octanol–water partition coefficient (Wildman–Crippen LogP) is -0.423. The highest BCUT2D eigenvalue weighted by Crippen LogP contribution is 2.20. The standard InChI is InChI=1S/C9H15N3O4S2/c1-7(8-4-10-11-5-8)12-18(15,16)9-2-3-17(13,14)6-9/h4-5,7,9,12H,2-3,6H2,1H3,(H,10,11). The summed E-state index contributed by atoms with van der Waals surface area (Å²) in [4.78, 5) is 0. The average Bonchev–Trinajstić information content (AvgIpc) is 2.85. The second kappa shape index (κ2) is 4.63. The van der Waals surface area contributed by atoms with Gasteiger partial charge in [0.05, 0.1) is 23.0 Å². The Labute approximate surface area is 106 Å². The van der Waals surface area contributed by atoms with E-state index in [2.05, 4.69) is 14.9 Å². The summed E-state index contributed by atoms with van der Waals surface area (Å²) in [6.45, 7) is 1.69. The van der Waals surface area contributed by atoms with E-state index >= 15 is 0 Å². The molecule has 102 valence electrons. The van der Waals surface area contributed by atoms with Crippen LogP contribution >= 0.6 is 0 Å². The van der Waals surface area contributed by atoms with Crippen molar-refractivity contribution in [2.75, 3.05) is 11.5 Å². The van der Waals surface area contributed by atoms with Crippen LogP contribution in [-0.4, -0.2) is 43.8 Å². The molecule has 18 heavy (non-hydrogen) atoms. The van der Waals surface area contributed by atoms with E-state index in [1.165, 1.54) is 6.20 Å². The summed E-state index contributed by atoms with van der Waals surface area (Å²) in [5.74, 6) is -0.348. The van der Waals surface area contributed by atoms with Crippen LogP contribution in [0.5, 0.6) is 0 Å². The smallest absolute Gasteiger partial charge is 0.216 e. The summed E-state index contributed by atoms with van der Waals surface area (Å²) in [5, 5.41) is 5.49. The lowest BCUT2D eigenvalue weighted by Gasteiger charge is -2.16. The Bertz CT molecular complexity index is 606. The van der Waals surface area contributed by atoms with Gasteiger partial charge in [-0.1, -0.05) is 0 Å². The minimum atomic E-state index is -3.63. The zero-order valence-electron chi connectivity index (χ0n) is 9.83. The van der Waals surface area contributed by atoms with Crippen LogP contribution in [0.4, 0.5) is 0 Å². The van der Waals surface area contributed by atoms with E-state index in [9.17, 15) is 16.8 Å². The fourth-order valence-corrected chi connectivity index (χ4v) is 6.19. The van der Waals surface area contributed by atoms with Crippen molar-refractivity contribution in [3.05, 3.63) is 18.0 Å². The van der Waals surface area contributed by atoms with Crippen molar-refractivity contribution in [1.29, 1.82) is 0 Å². The maximum Gasteiger partial charge on any atom is 0.216 e. The summed E-state index contributed by atoms with van der Waals surface area (Å²) < 4.78 is 49.1. The normalized spacial score (nSPS) is 25.1. The van der Waals surface area contributed by atoms with Gasteiger partial charge in [-0.25, -0.2) is 21.6 Å². The lowest BCUT2D eigenvalue weighted by molar-refractivity contribution is 0.554. The molecular formula is C9H15N3O4S2. The third kappa shape index (κ3) is 2.90. The fraction of sp³-hybridized carbons (Fsp3) is 0.667. The summed E-state index contributed by atoms with van der Waals surface area (Å²) in [7, 11) is -6.83. The number of nitrogens with one attached hydrogen (secondary N) is 2. The highest BCUT2D eigenvalue weighted by molar-refractivity contribution is 7.95. The van der Waals surface area contributed by atoms with Crippen LogP contribution in [0.1, 0.15) is 24.9 Å². The Kier molecular flexibility index (Phi) is 3.47. The maximum atomic E-state index is 12.0. The van der Waals surface area contributed by atoms with E-state index in [4.69, 9.17) is 0 Å². The van der Waals surface area contributed by atoms with Crippen molar-refractivity contribution in [2.24, 2.45) is 0 Å². The number of aromatic nitrogens is 2. The van der Waals surface area contributed by atoms with E-state index < -0.39 is 31.2 Å². The zero-order chi connectivity index (χ0) is 13.4. The van der Waals surface area contributed by atoms with Crippen LogP contribution in [-0.2, 0) is 19.9 Å². The van der Waals surface area contributed by atoms with Crippen LogP contribution < -0.4 is 4.72 Å². The van der Waals surface area contributed by atoms with E-state index in [0.29, 0.717) is 5.56 Å². The second-order valence-corrected chi connectivity index (χ2v) is 8.66. The zero-order valence-corrected chi connectivity index (χ0v) is 11.5. The Balaban J connectivity index is 2.09. The Morgan fingerprint density at radius 2 is 2.28 bits per heavy atom. The Hall–Kier alpha value is -0.930. The van der Waals surface area contributed by atoms with Crippen LogP contribution in [0, 0.1) is 0 Å². The van der Waals surface area contributed by atoms with Crippen molar-refractivity contribution in [1.82, 2.24) is 14.9 Å². The molecule has 9 heteroatoms. The van der Waals surface area contributed by atoms with Gasteiger partial charge in [0, 0.05) is 17.8 Å². The Morgan fingerprint density at radius 3 is 2.78 bits per heavy atom. The fourth-order valence-electron chi connectivity index (χ4n) is 1.91. The van der Waals surface area contributed by atoms with E-state index in [1.54, 1.807) is 13.1 Å². The number of sulfonamides is 1. The first-order valence-corrected chi connectivity index (χ1v) is 8.87. The lowest BCUT2D eigenvalue weighted by atomic mass is 10.2. The highest BCUT2D eigenvalue weighted by atomic mass is 32.2. The molecule has 1 aromatic rings. The van der Waals surface area contributed by atoms with Gasteiger partial charge < -0.3 is 0 Å². The first-order valence-electron chi connectivity index (χ1n) is 5.50. The van der Waals surface area contributed by atoms with Gasteiger partial charge in [-0.15, -0.1) is 0 Å². The molecule has 2 atom stereocenters.